The van der Waals surface area contributed by atoms with Crippen LogP contribution in [0.1, 0.15) is 19.8 Å². The number of para-hydroxylation sites is 1. The largest absolute Gasteiger partial charge is 0.494 e. The van der Waals surface area contributed by atoms with Gasteiger partial charge < -0.3 is 20.1 Å². The maximum absolute atomic E-state index is 5.71. The van der Waals surface area contributed by atoms with Crippen LogP contribution in [0.25, 0.3) is 10.9 Å². The molecular weight excluding hydrogens is 340 g/mol. The van der Waals surface area contributed by atoms with E-state index in [1.54, 1.807) is 0 Å². The molecule has 0 aliphatic carbocycles. The van der Waals surface area contributed by atoms with E-state index in [-0.39, 0.29) is 6.10 Å². The summed E-state index contributed by atoms with van der Waals surface area (Å²) in [4.78, 5) is 9.34. The van der Waals surface area contributed by atoms with Crippen LogP contribution in [0, 0.1) is 0 Å². The number of hydrogen-bond donors (Lipinski definition) is 2. The lowest BCUT2D eigenvalue weighted by molar-refractivity contribution is 0.120. The Bertz CT molecular complexity index is 892. The van der Waals surface area contributed by atoms with Gasteiger partial charge in [0.2, 0.25) is 5.95 Å². The Kier molecular flexibility index (Phi) is 5.34. The minimum atomic E-state index is 0.251. The summed E-state index contributed by atoms with van der Waals surface area (Å²) in [7, 11) is 0. The topological polar surface area (TPSA) is 68.3 Å². The van der Waals surface area contributed by atoms with E-state index in [1.807, 2.05) is 55.5 Å². The zero-order chi connectivity index (χ0) is 18.5. The smallest absolute Gasteiger partial charge is 0.229 e. The van der Waals surface area contributed by atoms with Gasteiger partial charge in [0, 0.05) is 24.2 Å². The molecule has 0 radical (unpaired) electrons. The monoisotopic (exact) mass is 364 g/mol. The molecule has 2 heterocycles. The van der Waals surface area contributed by atoms with E-state index in [2.05, 4.69) is 15.6 Å². The number of anilines is 3. The zero-order valence-corrected chi connectivity index (χ0v) is 15.4. The van der Waals surface area contributed by atoms with Gasteiger partial charge in [0.05, 0.1) is 18.2 Å². The third-order valence-corrected chi connectivity index (χ3v) is 4.55. The van der Waals surface area contributed by atoms with E-state index < -0.39 is 0 Å². The van der Waals surface area contributed by atoms with Crippen molar-refractivity contribution in [2.75, 3.05) is 30.4 Å². The molecule has 0 saturated carbocycles. The predicted molar refractivity (Wildman–Crippen MR) is 108 cm³/mol. The summed E-state index contributed by atoms with van der Waals surface area (Å²) in [5, 5.41) is 7.74. The highest BCUT2D eigenvalue weighted by atomic mass is 16.5. The molecule has 2 aromatic carbocycles. The Morgan fingerprint density at radius 1 is 1.11 bits per heavy atom. The Morgan fingerprint density at radius 2 is 1.96 bits per heavy atom. The summed E-state index contributed by atoms with van der Waals surface area (Å²) in [5.41, 5.74) is 1.81. The molecule has 0 bridgehead atoms. The molecule has 1 aliphatic rings. The zero-order valence-electron chi connectivity index (χ0n) is 15.4. The highest BCUT2D eigenvalue weighted by molar-refractivity contribution is 5.90. The minimum Gasteiger partial charge on any atom is -0.494 e. The van der Waals surface area contributed by atoms with Crippen molar-refractivity contribution in [2.45, 2.75) is 25.9 Å². The van der Waals surface area contributed by atoms with Crippen LogP contribution >= 0.6 is 0 Å². The third-order valence-electron chi connectivity index (χ3n) is 4.55. The number of hydrogen-bond acceptors (Lipinski definition) is 6. The average molecular weight is 364 g/mol. The molecule has 27 heavy (non-hydrogen) atoms. The second-order valence-electron chi connectivity index (χ2n) is 6.51. The highest BCUT2D eigenvalue weighted by Crippen LogP contribution is 2.25. The molecule has 1 fully saturated rings. The lowest BCUT2D eigenvalue weighted by atomic mass is 10.2. The summed E-state index contributed by atoms with van der Waals surface area (Å²) >= 11 is 0. The van der Waals surface area contributed by atoms with Crippen LogP contribution in [0.15, 0.2) is 48.5 Å². The Labute approximate surface area is 158 Å². The first-order valence-electron chi connectivity index (χ1n) is 9.44. The molecule has 0 unspecified atom stereocenters. The van der Waals surface area contributed by atoms with Crippen molar-refractivity contribution < 1.29 is 9.47 Å². The Hall–Kier alpha value is -2.86. The van der Waals surface area contributed by atoms with Crippen LogP contribution < -0.4 is 15.4 Å². The first-order chi connectivity index (χ1) is 13.3. The Morgan fingerprint density at radius 3 is 2.74 bits per heavy atom. The molecule has 1 saturated heterocycles. The van der Waals surface area contributed by atoms with Gasteiger partial charge >= 0.3 is 0 Å². The lowest BCUT2D eigenvalue weighted by Gasteiger charge is -2.14. The second kappa shape index (κ2) is 8.22. The maximum Gasteiger partial charge on any atom is 0.229 e. The SMILES string of the molecule is CCOc1ccc(Nc2nc(NC[C@@H]3CCCO3)c3ccccc3n2)cc1. The van der Waals surface area contributed by atoms with Gasteiger partial charge in [-0.2, -0.15) is 4.98 Å². The van der Waals surface area contributed by atoms with Gasteiger partial charge in [-0.05, 0) is 56.2 Å². The molecule has 6 heteroatoms. The van der Waals surface area contributed by atoms with Crippen molar-refractivity contribution >= 4 is 28.4 Å². The van der Waals surface area contributed by atoms with E-state index in [4.69, 9.17) is 14.5 Å². The van der Waals surface area contributed by atoms with E-state index in [9.17, 15) is 0 Å². The molecule has 3 aromatic rings. The summed E-state index contributed by atoms with van der Waals surface area (Å²) < 4.78 is 11.2. The quantitative estimate of drug-likeness (QED) is 0.649. The van der Waals surface area contributed by atoms with Gasteiger partial charge in [0.15, 0.2) is 0 Å². The van der Waals surface area contributed by atoms with Crippen molar-refractivity contribution in [1.82, 2.24) is 9.97 Å². The molecule has 4 rings (SSSR count). The molecule has 0 spiro atoms. The van der Waals surface area contributed by atoms with E-state index >= 15 is 0 Å². The second-order valence-corrected chi connectivity index (χ2v) is 6.51. The predicted octanol–water partition coefficient (Wildman–Crippen LogP) is 4.36. The fraction of sp³-hybridized carbons (Fsp3) is 0.333. The van der Waals surface area contributed by atoms with E-state index in [0.29, 0.717) is 12.6 Å². The number of nitrogens with zero attached hydrogens (tertiary/aromatic N) is 2. The summed E-state index contributed by atoms with van der Waals surface area (Å²) in [6.45, 7) is 4.23. The normalized spacial score (nSPS) is 16.4. The van der Waals surface area contributed by atoms with E-state index in [1.165, 1.54) is 0 Å². The fourth-order valence-electron chi connectivity index (χ4n) is 3.21. The van der Waals surface area contributed by atoms with E-state index in [0.717, 1.165) is 54.2 Å². The summed E-state index contributed by atoms with van der Waals surface area (Å²) in [6, 6.07) is 15.8. The van der Waals surface area contributed by atoms with Crippen molar-refractivity contribution in [1.29, 1.82) is 0 Å². The van der Waals surface area contributed by atoms with Gasteiger partial charge in [0.1, 0.15) is 11.6 Å². The first-order valence-corrected chi connectivity index (χ1v) is 9.44. The molecule has 2 N–H and O–H groups in total. The van der Waals surface area contributed by atoms with Crippen LogP contribution in [0.3, 0.4) is 0 Å². The van der Waals surface area contributed by atoms with Crippen molar-refractivity contribution in [3.8, 4) is 5.75 Å². The number of rotatable bonds is 7. The number of nitrogens with one attached hydrogen (secondary N) is 2. The van der Waals surface area contributed by atoms with Gasteiger partial charge in [-0.1, -0.05) is 12.1 Å². The van der Waals surface area contributed by atoms with Crippen LogP contribution in [-0.4, -0.2) is 35.8 Å². The number of benzene rings is 2. The third kappa shape index (κ3) is 4.28. The van der Waals surface area contributed by atoms with Gasteiger partial charge in [0.25, 0.3) is 0 Å². The number of ether oxygens (including phenoxy) is 2. The average Bonchev–Trinajstić information content (AvgIpc) is 3.21. The molecular formula is C21H24N4O2. The molecule has 0 amide bonds. The van der Waals surface area contributed by atoms with Gasteiger partial charge in [-0.3, -0.25) is 0 Å². The van der Waals surface area contributed by atoms with Crippen LogP contribution in [0.2, 0.25) is 0 Å². The molecule has 1 aromatic heterocycles. The van der Waals surface area contributed by atoms with Crippen LogP contribution in [0.5, 0.6) is 5.75 Å². The maximum atomic E-state index is 5.71. The Balaban J connectivity index is 1.56. The fourth-order valence-corrected chi connectivity index (χ4v) is 3.21. The van der Waals surface area contributed by atoms with Crippen molar-refractivity contribution in [3.63, 3.8) is 0 Å². The molecule has 140 valence electrons. The molecule has 1 aliphatic heterocycles. The first kappa shape index (κ1) is 17.5. The standard InChI is InChI=1S/C21H24N4O2/c1-2-26-16-11-9-15(10-12-16)23-21-24-19-8-4-3-7-18(19)20(25-21)22-14-17-6-5-13-27-17/h3-4,7-12,17H,2,5-6,13-14H2,1H3,(H2,22,23,24,25)/t17-/m0/s1. The van der Waals surface area contributed by atoms with Crippen molar-refractivity contribution in [3.05, 3.63) is 48.5 Å². The molecule has 6 nitrogen and oxygen atoms in total. The van der Waals surface area contributed by atoms with Crippen LogP contribution in [-0.2, 0) is 4.74 Å². The number of fused-ring (bicyclic) bond motifs is 1. The summed E-state index contributed by atoms with van der Waals surface area (Å²) in [5.74, 6) is 2.23. The van der Waals surface area contributed by atoms with Crippen molar-refractivity contribution in [2.24, 2.45) is 0 Å². The number of aromatic nitrogens is 2. The van der Waals surface area contributed by atoms with Gasteiger partial charge in [-0.15, -0.1) is 0 Å². The molecule has 1 atom stereocenters. The summed E-state index contributed by atoms with van der Waals surface area (Å²) in [6.07, 6.45) is 2.47. The van der Waals surface area contributed by atoms with Crippen LogP contribution in [0.4, 0.5) is 17.5 Å². The van der Waals surface area contributed by atoms with Gasteiger partial charge in [-0.25, -0.2) is 4.98 Å². The lowest BCUT2D eigenvalue weighted by Crippen LogP contribution is -2.19. The highest BCUT2D eigenvalue weighted by Gasteiger charge is 2.16. The minimum absolute atomic E-state index is 0.251.